The molecule has 0 atom stereocenters. The molecular weight excluding hydrogens is 504 g/mol. The van der Waals surface area contributed by atoms with E-state index in [1.165, 1.54) is 0 Å². The summed E-state index contributed by atoms with van der Waals surface area (Å²) < 4.78 is 10.8. The Kier molecular flexibility index (Phi) is 9.45. The molecule has 0 aliphatic carbocycles. The van der Waals surface area contributed by atoms with E-state index in [1.54, 1.807) is 12.4 Å². The summed E-state index contributed by atoms with van der Waals surface area (Å²) in [5, 5.41) is 0. The van der Waals surface area contributed by atoms with Crippen molar-refractivity contribution in [2.45, 2.75) is 0 Å². The van der Waals surface area contributed by atoms with Crippen LogP contribution in [0.3, 0.4) is 0 Å². The Morgan fingerprint density at radius 1 is 0.625 bits per heavy atom. The van der Waals surface area contributed by atoms with Crippen LogP contribution in [0.1, 0.15) is 31.8 Å². The van der Waals surface area contributed by atoms with Gasteiger partial charge in [0.2, 0.25) is 0 Å². The number of benzene rings is 3. The number of aliphatic imine (C=N–C) groups is 2. The fourth-order valence-electron chi connectivity index (χ4n) is 4.73. The van der Waals surface area contributed by atoms with Crippen LogP contribution in [-0.2, 0) is 9.47 Å². The highest BCUT2D eigenvalue weighted by Gasteiger charge is 2.13. The summed E-state index contributed by atoms with van der Waals surface area (Å²) in [7, 11) is 0. The molecule has 5 rings (SSSR count). The topological polar surface area (TPSA) is 83.8 Å². The molecule has 0 N–H and O–H groups in total. The Hall–Kier alpha value is -4.14. The Morgan fingerprint density at radius 3 is 1.43 bits per heavy atom. The zero-order valence-corrected chi connectivity index (χ0v) is 22.6. The Balaban J connectivity index is 1.10. The number of morpholine rings is 2. The lowest BCUT2D eigenvalue weighted by atomic mass is 10.1. The minimum absolute atomic E-state index is 0.0287. The number of carbonyl (C=O) groups is 2. The third-order valence-electron chi connectivity index (χ3n) is 6.99. The molecule has 0 unspecified atom stereocenters. The number of rotatable bonds is 10. The summed E-state index contributed by atoms with van der Waals surface area (Å²) in [4.78, 5) is 38.4. The van der Waals surface area contributed by atoms with E-state index in [9.17, 15) is 9.59 Å². The zero-order chi connectivity index (χ0) is 27.6. The van der Waals surface area contributed by atoms with Gasteiger partial charge in [-0.15, -0.1) is 0 Å². The molecule has 2 aliphatic rings. The highest BCUT2D eigenvalue weighted by Crippen LogP contribution is 2.18. The fourth-order valence-corrected chi connectivity index (χ4v) is 4.73. The van der Waals surface area contributed by atoms with E-state index in [4.69, 9.17) is 9.47 Å². The second-order valence-electron chi connectivity index (χ2n) is 9.75. The Morgan fingerprint density at radius 2 is 1.02 bits per heavy atom. The van der Waals surface area contributed by atoms with Gasteiger partial charge in [-0.25, -0.2) is 0 Å². The second-order valence-corrected chi connectivity index (χ2v) is 9.75. The molecule has 0 radical (unpaired) electrons. The molecular formula is C32H34N4O4. The van der Waals surface area contributed by atoms with Gasteiger partial charge in [-0.1, -0.05) is 18.2 Å². The molecule has 40 heavy (non-hydrogen) atoms. The number of nitrogens with zero attached hydrogens (tertiary/aromatic N) is 4. The first kappa shape index (κ1) is 27.4. The monoisotopic (exact) mass is 538 g/mol. The van der Waals surface area contributed by atoms with Crippen LogP contribution in [0.15, 0.2) is 82.8 Å². The first-order chi connectivity index (χ1) is 19.7. The van der Waals surface area contributed by atoms with Gasteiger partial charge >= 0.3 is 0 Å². The average Bonchev–Trinajstić information content (AvgIpc) is 3.02. The van der Waals surface area contributed by atoms with Crippen molar-refractivity contribution in [2.75, 3.05) is 75.5 Å². The molecule has 0 aromatic heterocycles. The molecule has 0 bridgehead atoms. The van der Waals surface area contributed by atoms with Gasteiger partial charge < -0.3 is 19.3 Å². The summed E-state index contributed by atoms with van der Waals surface area (Å²) >= 11 is 0. The fraction of sp³-hybridized carbons (Fsp3) is 0.312. The summed E-state index contributed by atoms with van der Waals surface area (Å²) in [6.07, 6.45) is 3.39. The summed E-state index contributed by atoms with van der Waals surface area (Å²) in [6.45, 7) is 6.51. The second kappa shape index (κ2) is 13.8. The SMILES string of the molecule is O=C(CN=Cc1cccc(C=NCC(=O)c2ccc(N3CCOCC3)cc2)c1)c1ccc(N2CCOCC2)cc1. The predicted octanol–water partition coefficient (Wildman–Crippen LogP) is 3.96. The van der Waals surface area contributed by atoms with E-state index in [2.05, 4.69) is 19.8 Å². The molecule has 8 nitrogen and oxygen atoms in total. The largest absolute Gasteiger partial charge is 0.378 e. The van der Waals surface area contributed by atoms with Crippen molar-refractivity contribution in [2.24, 2.45) is 9.98 Å². The van der Waals surface area contributed by atoms with E-state index in [0.29, 0.717) is 11.1 Å². The van der Waals surface area contributed by atoms with Crippen LogP contribution < -0.4 is 9.80 Å². The number of hydrogen-bond acceptors (Lipinski definition) is 8. The van der Waals surface area contributed by atoms with Crippen molar-refractivity contribution in [3.8, 4) is 0 Å². The molecule has 0 amide bonds. The third-order valence-corrected chi connectivity index (χ3v) is 6.99. The van der Waals surface area contributed by atoms with E-state index < -0.39 is 0 Å². The van der Waals surface area contributed by atoms with E-state index in [-0.39, 0.29) is 24.7 Å². The molecule has 2 aliphatic heterocycles. The van der Waals surface area contributed by atoms with Crippen molar-refractivity contribution in [1.82, 2.24) is 0 Å². The molecule has 8 heteroatoms. The molecule has 3 aromatic rings. The van der Waals surface area contributed by atoms with Crippen LogP contribution in [0, 0.1) is 0 Å². The number of ether oxygens (including phenoxy) is 2. The van der Waals surface area contributed by atoms with Crippen LogP contribution in [0.5, 0.6) is 0 Å². The maximum atomic E-state index is 12.6. The number of carbonyl (C=O) groups excluding carboxylic acids is 2. The summed E-state index contributed by atoms with van der Waals surface area (Å²) in [5.74, 6) is -0.0574. The third kappa shape index (κ3) is 7.49. The lowest BCUT2D eigenvalue weighted by Crippen LogP contribution is -2.36. The quantitative estimate of drug-likeness (QED) is 0.287. The highest BCUT2D eigenvalue weighted by molar-refractivity contribution is 6.00. The minimum Gasteiger partial charge on any atom is -0.378 e. The smallest absolute Gasteiger partial charge is 0.184 e. The van der Waals surface area contributed by atoms with Crippen LogP contribution in [0.4, 0.5) is 11.4 Å². The van der Waals surface area contributed by atoms with Crippen LogP contribution in [0.25, 0.3) is 0 Å². The average molecular weight is 539 g/mol. The number of Topliss-reactive ketones (excluding diaryl/α,β-unsaturated/α-hetero) is 2. The molecule has 2 heterocycles. The molecule has 0 saturated carbocycles. The normalized spacial score (nSPS) is 16.1. The van der Waals surface area contributed by atoms with Gasteiger partial charge in [0.25, 0.3) is 0 Å². The minimum atomic E-state index is -0.0287. The van der Waals surface area contributed by atoms with Crippen molar-refractivity contribution in [3.05, 3.63) is 95.1 Å². The van der Waals surface area contributed by atoms with E-state index in [1.807, 2.05) is 72.8 Å². The number of ketones is 2. The van der Waals surface area contributed by atoms with Crippen molar-refractivity contribution in [3.63, 3.8) is 0 Å². The Bertz CT molecular complexity index is 1240. The van der Waals surface area contributed by atoms with Crippen molar-refractivity contribution in [1.29, 1.82) is 0 Å². The predicted molar refractivity (Wildman–Crippen MR) is 159 cm³/mol. The number of anilines is 2. The molecule has 0 spiro atoms. The van der Waals surface area contributed by atoms with E-state index in [0.717, 1.165) is 75.1 Å². The molecule has 3 aromatic carbocycles. The molecule has 2 fully saturated rings. The van der Waals surface area contributed by atoms with Gasteiger partial charge in [0, 0.05) is 61.1 Å². The summed E-state index contributed by atoms with van der Waals surface area (Å²) in [5.41, 5.74) is 5.23. The Labute approximate surface area is 235 Å². The molecule has 206 valence electrons. The van der Waals surface area contributed by atoms with Gasteiger partial charge in [0.15, 0.2) is 11.6 Å². The van der Waals surface area contributed by atoms with Gasteiger partial charge in [-0.3, -0.25) is 19.6 Å². The standard InChI is InChI=1S/C32H34N4O4/c37-31(27-4-8-29(9-5-27)35-12-16-39-17-13-35)23-33-21-25-2-1-3-26(20-25)22-34-24-32(38)28-6-10-30(11-7-28)36-14-18-40-19-15-36/h1-11,20-22H,12-19,23-24H2. The van der Waals surface area contributed by atoms with Gasteiger partial charge in [0.05, 0.1) is 26.4 Å². The van der Waals surface area contributed by atoms with Gasteiger partial charge in [-0.05, 0) is 65.7 Å². The highest BCUT2D eigenvalue weighted by atomic mass is 16.5. The van der Waals surface area contributed by atoms with Crippen molar-refractivity contribution >= 4 is 35.4 Å². The molecule has 2 saturated heterocycles. The van der Waals surface area contributed by atoms with Gasteiger partial charge in [-0.2, -0.15) is 0 Å². The van der Waals surface area contributed by atoms with E-state index >= 15 is 0 Å². The maximum absolute atomic E-state index is 12.6. The lowest BCUT2D eigenvalue weighted by Gasteiger charge is -2.28. The number of hydrogen-bond donors (Lipinski definition) is 0. The zero-order valence-electron chi connectivity index (χ0n) is 22.6. The lowest BCUT2D eigenvalue weighted by molar-refractivity contribution is 0.0994. The van der Waals surface area contributed by atoms with Gasteiger partial charge in [0.1, 0.15) is 13.1 Å². The first-order valence-electron chi connectivity index (χ1n) is 13.7. The van der Waals surface area contributed by atoms with Crippen LogP contribution >= 0.6 is 0 Å². The van der Waals surface area contributed by atoms with Crippen LogP contribution in [-0.4, -0.2) is 89.7 Å². The summed E-state index contributed by atoms with van der Waals surface area (Å²) in [6, 6.07) is 23.0. The first-order valence-corrected chi connectivity index (χ1v) is 13.7. The van der Waals surface area contributed by atoms with Crippen molar-refractivity contribution < 1.29 is 19.1 Å². The van der Waals surface area contributed by atoms with Crippen LogP contribution in [0.2, 0.25) is 0 Å². The maximum Gasteiger partial charge on any atom is 0.184 e.